The highest BCUT2D eigenvalue weighted by Gasteiger charge is 2.15. The zero-order chi connectivity index (χ0) is 11.7. The Labute approximate surface area is 101 Å². The van der Waals surface area contributed by atoms with E-state index in [1.807, 2.05) is 6.07 Å². The van der Waals surface area contributed by atoms with E-state index in [2.05, 4.69) is 17.1 Å². The van der Waals surface area contributed by atoms with Crippen molar-refractivity contribution in [2.24, 2.45) is 4.99 Å². The molecule has 0 unspecified atom stereocenters. The van der Waals surface area contributed by atoms with Crippen LogP contribution in [0.2, 0.25) is 0 Å². The molecule has 1 fully saturated rings. The number of hydrogen-bond donors (Lipinski definition) is 0. The first-order chi connectivity index (χ1) is 8.33. The molecular weight excluding hydrogens is 210 g/mol. The number of amides is 1. The van der Waals surface area contributed by atoms with Gasteiger partial charge in [0.05, 0.1) is 5.36 Å². The first-order valence-corrected chi connectivity index (χ1v) is 6.57. The molecule has 0 saturated heterocycles. The van der Waals surface area contributed by atoms with Gasteiger partial charge in [0.1, 0.15) is 0 Å². The molecule has 0 atom stereocenters. The second-order valence-electron chi connectivity index (χ2n) is 5.10. The molecule has 0 aromatic heterocycles. The number of rotatable bonds is 1. The van der Waals surface area contributed by atoms with Crippen molar-refractivity contribution in [1.29, 1.82) is 0 Å². The van der Waals surface area contributed by atoms with Crippen molar-refractivity contribution >= 4 is 12.0 Å². The number of fused-ring (bicyclic) bond motifs is 1. The van der Waals surface area contributed by atoms with Gasteiger partial charge in [-0.25, -0.2) is 4.99 Å². The van der Waals surface area contributed by atoms with Gasteiger partial charge in [0.2, 0.25) is 0 Å². The Balaban J connectivity index is 1.95. The predicted molar refractivity (Wildman–Crippen MR) is 67.1 cm³/mol. The lowest BCUT2D eigenvalue weighted by Crippen LogP contribution is -2.22. The van der Waals surface area contributed by atoms with Crippen LogP contribution in [-0.2, 0) is 4.79 Å². The van der Waals surface area contributed by atoms with Crippen LogP contribution in [0.3, 0.4) is 0 Å². The third-order valence-electron chi connectivity index (χ3n) is 3.89. The Morgan fingerprint density at radius 1 is 1.06 bits per heavy atom. The lowest BCUT2D eigenvalue weighted by atomic mass is 9.91. The minimum absolute atomic E-state index is 0.113. The van der Waals surface area contributed by atoms with E-state index in [0.29, 0.717) is 5.92 Å². The van der Waals surface area contributed by atoms with Gasteiger partial charge in [-0.2, -0.15) is 0 Å². The van der Waals surface area contributed by atoms with Gasteiger partial charge in [-0.05, 0) is 36.5 Å². The molecule has 1 aliphatic heterocycles. The van der Waals surface area contributed by atoms with Crippen molar-refractivity contribution in [3.05, 3.63) is 34.3 Å². The third-order valence-corrected chi connectivity index (χ3v) is 3.89. The standard InChI is InChI=1S/C15H17NO/c17-15-10-13-9-12(7-8-14(13)16-15)11-5-3-1-2-4-6-11/h7-11H,1-6H2. The van der Waals surface area contributed by atoms with Gasteiger partial charge in [0.15, 0.2) is 0 Å². The predicted octanol–water partition coefficient (Wildman–Crippen LogP) is 2.06. The van der Waals surface area contributed by atoms with Gasteiger partial charge in [0, 0.05) is 11.3 Å². The molecule has 3 rings (SSSR count). The van der Waals surface area contributed by atoms with Crippen molar-refractivity contribution in [3.63, 3.8) is 0 Å². The van der Waals surface area contributed by atoms with Gasteiger partial charge >= 0.3 is 0 Å². The Hall–Kier alpha value is -1.44. The van der Waals surface area contributed by atoms with E-state index in [-0.39, 0.29) is 5.91 Å². The van der Waals surface area contributed by atoms with Gasteiger partial charge in [-0.15, -0.1) is 0 Å². The van der Waals surface area contributed by atoms with Crippen LogP contribution in [-0.4, -0.2) is 5.91 Å². The number of hydrogen-bond acceptors (Lipinski definition) is 1. The zero-order valence-electron chi connectivity index (χ0n) is 9.98. The van der Waals surface area contributed by atoms with Crippen molar-refractivity contribution < 1.29 is 4.79 Å². The summed E-state index contributed by atoms with van der Waals surface area (Å²) in [5, 5.41) is 1.85. The Bertz CT molecular complexity index is 551. The van der Waals surface area contributed by atoms with Gasteiger partial charge in [-0.1, -0.05) is 31.7 Å². The maximum Gasteiger partial charge on any atom is 0.270 e. The quantitative estimate of drug-likeness (QED) is 0.675. The second-order valence-corrected chi connectivity index (χ2v) is 5.10. The van der Waals surface area contributed by atoms with Gasteiger partial charge in [-0.3, -0.25) is 4.79 Å². The highest BCUT2D eigenvalue weighted by atomic mass is 16.1. The molecule has 2 heteroatoms. The summed E-state index contributed by atoms with van der Waals surface area (Å²) in [6.45, 7) is 0. The number of nitrogens with zero attached hydrogens (tertiary/aromatic N) is 1. The first-order valence-electron chi connectivity index (χ1n) is 6.57. The number of carbonyl (C=O) groups excluding carboxylic acids is 1. The number of benzene rings is 1. The highest BCUT2D eigenvalue weighted by Crippen LogP contribution is 2.30. The SMILES string of the molecule is O=C1C=c2cc(C3CCCCCC3)ccc2=N1. The molecule has 1 heterocycles. The van der Waals surface area contributed by atoms with E-state index in [9.17, 15) is 4.79 Å². The fourth-order valence-corrected chi connectivity index (χ4v) is 2.94. The van der Waals surface area contributed by atoms with Gasteiger partial charge in [0.25, 0.3) is 5.91 Å². The molecule has 1 amide bonds. The molecule has 1 aromatic rings. The molecule has 2 aliphatic rings. The lowest BCUT2D eigenvalue weighted by molar-refractivity contribution is -0.112. The van der Waals surface area contributed by atoms with Gasteiger partial charge < -0.3 is 0 Å². The largest absolute Gasteiger partial charge is 0.270 e. The fraction of sp³-hybridized carbons (Fsp3) is 0.467. The normalized spacial score (nSPS) is 20.4. The van der Waals surface area contributed by atoms with E-state index in [0.717, 1.165) is 10.6 Å². The minimum Gasteiger partial charge on any atom is -0.267 e. The molecule has 1 aromatic carbocycles. The summed E-state index contributed by atoms with van der Waals surface area (Å²) in [4.78, 5) is 15.2. The van der Waals surface area contributed by atoms with E-state index in [1.165, 1.54) is 44.1 Å². The summed E-state index contributed by atoms with van der Waals surface area (Å²) < 4.78 is 0. The van der Waals surface area contributed by atoms with Crippen molar-refractivity contribution in [3.8, 4) is 0 Å². The smallest absolute Gasteiger partial charge is 0.267 e. The third kappa shape index (κ3) is 2.17. The van der Waals surface area contributed by atoms with E-state index >= 15 is 0 Å². The molecular formula is C15H17NO. The van der Waals surface area contributed by atoms with Crippen LogP contribution in [0.25, 0.3) is 6.08 Å². The molecule has 1 aliphatic carbocycles. The molecule has 1 saturated carbocycles. The van der Waals surface area contributed by atoms with Crippen molar-refractivity contribution in [1.82, 2.24) is 0 Å². The van der Waals surface area contributed by atoms with Crippen LogP contribution in [0.5, 0.6) is 0 Å². The molecule has 0 radical (unpaired) electrons. The molecule has 0 spiro atoms. The summed E-state index contributed by atoms with van der Waals surface area (Å²) in [7, 11) is 0. The first kappa shape index (κ1) is 10.7. The van der Waals surface area contributed by atoms with Crippen LogP contribution in [0.15, 0.2) is 23.2 Å². The average molecular weight is 227 g/mol. The summed E-state index contributed by atoms with van der Waals surface area (Å²) in [6.07, 6.45) is 9.68. The van der Waals surface area contributed by atoms with Crippen LogP contribution in [0, 0.1) is 0 Å². The van der Waals surface area contributed by atoms with E-state index < -0.39 is 0 Å². The number of carbonyl (C=O) groups is 1. The zero-order valence-corrected chi connectivity index (χ0v) is 9.98. The van der Waals surface area contributed by atoms with E-state index in [4.69, 9.17) is 0 Å². The summed E-state index contributed by atoms with van der Waals surface area (Å²) in [5.41, 5.74) is 1.40. The topological polar surface area (TPSA) is 29.4 Å². The molecule has 88 valence electrons. The van der Waals surface area contributed by atoms with Crippen molar-refractivity contribution in [2.75, 3.05) is 0 Å². The molecule has 0 bridgehead atoms. The van der Waals surface area contributed by atoms with Crippen molar-refractivity contribution in [2.45, 2.75) is 44.4 Å². The molecule has 2 nitrogen and oxygen atoms in total. The summed E-state index contributed by atoms with van der Waals surface area (Å²) >= 11 is 0. The average Bonchev–Trinajstić information content (AvgIpc) is 2.53. The molecule has 0 N–H and O–H groups in total. The van der Waals surface area contributed by atoms with Crippen LogP contribution in [0.1, 0.15) is 50.0 Å². The Morgan fingerprint density at radius 2 is 1.82 bits per heavy atom. The van der Waals surface area contributed by atoms with Crippen LogP contribution < -0.4 is 10.6 Å². The minimum atomic E-state index is -0.113. The Kier molecular flexibility index (Phi) is 2.79. The molecule has 17 heavy (non-hydrogen) atoms. The maximum atomic E-state index is 11.2. The van der Waals surface area contributed by atoms with E-state index in [1.54, 1.807) is 6.08 Å². The summed E-state index contributed by atoms with van der Waals surface area (Å²) in [5.74, 6) is 0.574. The fourth-order valence-electron chi connectivity index (χ4n) is 2.94. The highest BCUT2D eigenvalue weighted by molar-refractivity contribution is 6.06. The van der Waals surface area contributed by atoms with Crippen LogP contribution in [0.4, 0.5) is 0 Å². The monoisotopic (exact) mass is 227 g/mol. The summed E-state index contributed by atoms with van der Waals surface area (Å²) in [6, 6.07) is 6.32. The lowest BCUT2D eigenvalue weighted by Gasteiger charge is -2.13. The maximum absolute atomic E-state index is 11.2. The Morgan fingerprint density at radius 3 is 2.59 bits per heavy atom. The second kappa shape index (κ2) is 4.44. The van der Waals surface area contributed by atoms with Crippen LogP contribution >= 0.6 is 0 Å².